The molecule has 2 nitrogen and oxygen atoms in total. The molecule has 0 aromatic heterocycles. The molecule has 2 unspecified atom stereocenters. The van der Waals surface area contributed by atoms with Gasteiger partial charge in [0.1, 0.15) is 23.5 Å². The molecule has 0 spiro atoms. The van der Waals surface area contributed by atoms with Crippen LogP contribution in [0.25, 0.3) is 0 Å². The topological polar surface area (TPSA) is 35.2 Å². The fourth-order valence-corrected chi connectivity index (χ4v) is 2.40. The number of hydrogen-bond donors (Lipinski definition) is 1. The molecule has 98 valence electrons. The van der Waals surface area contributed by atoms with Gasteiger partial charge in [0, 0.05) is 23.6 Å². The first kappa shape index (κ1) is 12.1. The summed E-state index contributed by atoms with van der Waals surface area (Å²) in [7, 11) is 0. The summed E-state index contributed by atoms with van der Waals surface area (Å²) in [5, 5.41) is 0. The number of fused-ring (bicyclic) bond motifs is 1. The van der Waals surface area contributed by atoms with Crippen LogP contribution in [0.15, 0.2) is 42.5 Å². The van der Waals surface area contributed by atoms with E-state index in [0.29, 0.717) is 23.3 Å². The van der Waals surface area contributed by atoms with E-state index in [1.165, 1.54) is 24.3 Å². The molecule has 0 amide bonds. The lowest BCUT2D eigenvalue weighted by Gasteiger charge is -2.30. The van der Waals surface area contributed by atoms with Crippen molar-refractivity contribution >= 4 is 0 Å². The Hall–Kier alpha value is -1.94. The molecule has 2 atom stereocenters. The van der Waals surface area contributed by atoms with Crippen LogP contribution < -0.4 is 10.5 Å². The van der Waals surface area contributed by atoms with Crippen LogP contribution in [-0.4, -0.2) is 0 Å². The van der Waals surface area contributed by atoms with Gasteiger partial charge < -0.3 is 10.5 Å². The highest BCUT2D eigenvalue weighted by Gasteiger charge is 2.28. The maximum Gasteiger partial charge on any atom is 0.130 e. The molecule has 19 heavy (non-hydrogen) atoms. The molecule has 3 rings (SSSR count). The van der Waals surface area contributed by atoms with Gasteiger partial charge in [-0.25, -0.2) is 8.78 Å². The summed E-state index contributed by atoms with van der Waals surface area (Å²) in [5.74, 6) is -0.138. The second-order valence-corrected chi connectivity index (χ2v) is 4.65. The lowest BCUT2D eigenvalue weighted by atomic mass is 9.93. The van der Waals surface area contributed by atoms with Crippen LogP contribution in [-0.2, 0) is 0 Å². The Morgan fingerprint density at radius 3 is 2.63 bits per heavy atom. The smallest absolute Gasteiger partial charge is 0.130 e. The zero-order chi connectivity index (χ0) is 13.4. The zero-order valence-electron chi connectivity index (χ0n) is 10.1. The lowest BCUT2D eigenvalue weighted by Crippen LogP contribution is -2.24. The summed E-state index contributed by atoms with van der Waals surface area (Å²) in [6, 6.07) is 10.3. The highest BCUT2D eigenvalue weighted by Crippen LogP contribution is 2.40. The Balaban J connectivity index is 1.97. The van der Waals surface area contributed by atoms with Gasteiger partial charge in [-0.15, -0.1) is 0 Å². The summed E-state index contributed by atoms with van der Waals surface area (Å²) in [5.41, 5.74) is 7.14. The SMILES string of the molecule is NC1CC(c2ccccc2F)Oc2ccc(F)cc21. The number of rotatable bonds is 1. The number of hydrogen-bond acceptors (Lipinski definition) is 2. The van der Waals surface area contributed by atoms with Gasteiger partial charge in [-0.05, 0) is 24.3 Å². The Kier molecular flexibility index (Phi) is 2.95. The Labute approximate surface area is 109 Å². The molecular weight excluding hydrogens is 248 g/mol. The van der Waals surface area contributed by atoms with Crippen LogP contribution in [0.1, 0.15) is 29.7 Å². The standard InChI is InChI=1S/C15H13F2NO/c16-9-5-6-14-11(7-9)13(18)8-15(19-14)10-3-1-2-4-12(10)17/h1-7,13,15H,8,18H2. The van der Waals surface area contributed by atoms with Crippen molar-refractivity contribution in [3.63, 3.8) is 0 Å². The minimum Gasteiger partial charge on any atom is -0.485 e. The third kappa shape index (κ3) is 2.19. The summed E-state index contributed by atoms with van der Waals surface area (Å²) in [6.07, 6.45) is -0.00800. The van der Waals surface area contributed by atoms with Crippen molar-refractivity contribution in [2.45, 2.75) is 18.6 Å². The maximum atomic E-state index is 13.8. The van der Waals surface area contributed by atoms with Crippen molar-refractivity contribution in [3.8, 4) is 5.75 Å². The van der Waals surface area contributed by atoms with E-state index in [0.717, 1.165) is 0 Å². The number of benzene rings is 2. The van der Waals surface area contributed by atoms with E-state index in [9.17, 15) is 8.78 Å². The van der Waals surface area contributed by atoms with Crippen LogP contribution in [0.5, 0.6) is 5.75 Å². The third-order valence-electron chi connectivity index (χ3n) is 3.36. The van der Waals surface area contributed by atoms with Crippen molar-refractivity contribution < 1.29 is 13.5 Å². The molecule has 0 saturated heterocycles. The minimum absolute atomic E-state index is 0.315. The summed E-state index contributed by atoms with van der Waals surface area (Å²) >= 11 is 0. The molecule has 0 aliphatic carbocycles. The predicted octanol–water partition coefficient (Wildman–Crippen LogP) is 3.49. The van der Waals surface area contributed by atoms with Gasteiger partial charge in [-0.3, -0.25) is 0 Å². The average molecular weight is 261 g/mol. The Morgan fingerprint density at radius 2 is 1.84 bits per heavy atom. The maximum absolute atomic E-state index is 13.8. The Morgan fingerprint density at radius 1 is 1.05 bits per heavy atom. The molecule has 2 N–H and O–H groups in total. The van der Waals surface area contributed by atoms with Gasteiger partial charge >= 0.3 is 0 Å². The largest absolute Gasteiger partial charge is 0.485 e. The van der Waals surface area contributed by atoms with Crippen molar-refractivity contribution in [2.24, 2.45) is 5.73 Å². The summed E-state index contributed by atoms with van der Waals surface area (Å²) in [6.45, 7) is 0. The van der Waals surface area contributed by atoms with Crippen LogP contribution >= 0.6 is 0 Å². The van der Waals surface area contributed by atoms with E-state index >= 15 is 0 Å². The molecule has 4 heteroatoms. The molecular formula is C15H13F2NO. The van der Waals surface area contributed by atoms with Gasteiger partial charge in [0.25, 0.3) is 0 Å². The van der Waals surface area contributed by atoms with Gasteiger partial charge in [0.2, 0.25) is 0 Å². The van der Waals surface area contributed by atoms with Crippen molar-refractivity contribution in [1.29, 1.82) is 0 Å². The van der Waals surface area contributed by atoms with Gasteiger partial charge in [-0.1, -0.05) is 18.2 Å². The first-order chi connectivity index (χ1) is 9.15. The third-order valence-corrected chi connectivity index (χ3v) is 3.36. The highest BCUT2D eigenvalue weighted by atomic mass is 19.1. The molecule has 2 aromatic carbocycles. The van der Waals surface area contributed by atoms with Crippen LogP contribution in [0, 0.1) is 11.6 Å². The average Bonchev–Trinajstić information content (AvgIpc) is 2.40. The van der Waals surface area contributed by atoms with Crippen LogP contribution in [0.3, 0.4) is 0 Å². The van der Waals surface area contributed by atoms with Gasteiger partial charge in [0.05, 0.1) is 0 Å². The first-order valence-corrected chi connectivity index (χ1v) is 6.11. The van der Waals surface area contributed by atoms with Crippen molar-refractivity contribution in [2.75, 3.05) is 0 Å². The van der Waals surface area contributed by atoms with Gasteiger partial charge in [0.15, 0.2) is 0 Å². The van der Waals surface area contributed by atoms with Crippen molar-refractivity contribution in [3.05, 3.63) is 65.2 Å². The molecule has 0 saturated carbocycles. The molecule has 0 radical (unpaired) electrons. The predicted molar refractivity (Wildman–Crippen MR) is 67.7 cm³/mol. The van der Waals surface area contributed by atoms with E-state index in [4.69, 9.17) is 10.5 Å². The molecule has 1 aliphatic rings. The molecule has 1 aliphatic heterocycles. The number of nitrogens with two attached hydrogens (primary N) is 1. The number of ether oxygens (including phenoxy) is 1. The molecule has 2 aromatic rings. The van der Waals surface area contributed by atoms with Crippen LogP contribution in [0.4, 0.5) is 8.78 Å². The van der Waals surface area contributed by atoms with E-state index in [1.54, 1.807) is 18.2 Å². The normalized spacial score (nSPS) is 21.6. The Bertz CT molecular complexity index is 615. The van der Waals surface area contributed by atoms with Crippen molar-refractivity contribution in [1.82, 2.24) is 0 Å². The molecule has 0 bridgehead atoms. The van der Waals surface area contributed by atoms with E-state index in [2.05, 4.69) is 0 Å². The van der Waals surface area contributed by atoms with E-state index in [-0.39, 0.29) is 17.7 Å². The quantitative estimate of drug-likeness (QED) is 0.852. The number of halogens is 2. The fraction of sp³-hybridized carbons (Fsp3) is 0.200. The monoisotopic (exact) mass is 261 g/mol. The van der Waals surface area contributed by atoms with E-state index < -0.39 is 6.10 Å². The highest BCUT2D eigenvalue weighted by molar-refractivity contribution is 5.39. The molecule has 0 fully saturated rings. The second kappa shape index (κ2) is 4.63. The first-order valence-electron chi connectivity index (χ1n) is 6.11. The van der Waals surface area contributed by atoms with E-state index in [1.807, 2.05) is 0 Å². The summed E-state index contributed by atoms with van der Waals surface area (Å²) < 4.78 is 32.7. The second-order valence-electron chi connectivity index (χ2n) is 4.65. The lowest BCUT2D eigenvalue weighted by molar-refractivity contribution is 0.157. The fourth-order valence-electron chi connectivity index (χ4n) is 2.40. The zero-order valence-corrected chi connectivity index (χ0v) is 10.1. The molecule has 1 heterocycles. The van der Waals surface area contributed by atoms with Gasteiger partial charge in [-0.2, -0.15) is 0 Å². The summed E-state index contributed by atoms with van der Waals surface area (Å²) in [4.78, 5) is 0. The minimum atomic E-state index is -0.436. The van der Waals surface area contributed by atoms with Crippen LogP contribution in [0.2, 0.25) is 0 Å².